The summed E-state index contributed by atoms with van der Waals surface area (Å²) in [5.41, 5.74) is 0. The average molecular weight is 339 g/mol. The van der Waals surface area contributed by atoms with Gasteiger partial charge in [0, 0.05) is 0 Å². The van der Waals surface area contributed by atoms with Gasteiger partial charge in [0.2, 0.25) is 10.0 Å². The largest absolute Gasteiger partial charge is 0.317 e. The van der Waals surface area contributed by atoms with Crippen LogP contribution in [0, 0.1) is 5.92 Å². The Labute approximate surface area is 114 Å². The van der Waals surface area contributed by atoms with Gasteiger partial charge in [-0.2, -0.15) is 0 Å². The van der Waals surface area contributed by atoms with Crippen LogP contribution in [0.25, 0.3) is 0 Å². The van der Waals surface area contributed by atoms with Crippen molar-refractivity contribution in [1.82, 2.24) is 5.32 Å². The molecule has 2 N–H and O–H groups in total. The van der Waals surface area contributed by atoms with Crippen LogP contribution in [-0.4, -0.2) is 27.3 Å². The third-order valence-corrected chi connectivity index (χ3v) is 5.85. The molecule has 1 saturated heterocycles. The van der Waals surface area contributed by atoms with Crippen LogP contribution in [0.5, 0.6) is 0 Å². The van der Waals surface area contributed by atoms with Crippen LogP contribution in [0.1, 0.15) is 12.8 Å². The van der Waals surface area contributed by atoms with Crippen LogP contribution in [0.4, 0.5) is 5.00 Å². The van der Waals surface area contributed by atoms with Crippen LogP contribution in [0.3, 0.4) is 0 Å². The van der Waals surface area contributed by atoms with Crippen LogP contribution in [0.15, 0.2) is 15.9 Å². The van der Waals surface area contributed by atoms with Crippen LogP contribution in [0.2, 0.25) is 0 Å². The zero-order valence-electron chi connectivity index (χ0n) is 9.28. The van der Waals surface area contributed by atoms with Gasteiger partial charge in [0.05, 0.1) is 9.54 Å². The Morgan fingerprint density at radius 3 is 2.71 bits per heavy atom. The molecule has 1 aromatic heterocycles. The first kappa shape index (κ1) is 13.3. The van der Waals surface area contributed by atoms with E-state index in [1.165, 1.54) is 11.3 Å². The van der Waals surface area contributed by atoms with Gasteiger partial charge in [0.1, 0.15) is 5.00 Å². The Morgan fingerprint density at radius 1 is 1.41 bits per heavy atom. The molecule has 0 spiro atoms. The zero-order valence-corrected chi connectivity index (χ0v) is 12.5. The fraction of sp³-hybridized carbons (Fsp3) is 0.600. The second kappa shape index (κ2) is 5.69. The number of sulfonamides is 1. The molecule has 1 aromatic rings. The highest BCUT2D eigenvalue weighted by atomic mass is 79.9. The van der Waals surface area contributed by atoms with Gasteiger partial charge in [-0.05, 0) is 59.9 Å². The van der Waals surface area contributed by atoms with Gasteiger partial charge in [-0.15, -0.1) is 11.3 Å². The van der Waals surface area contributed by atoms with Crippen LogP contribution >= 0.6 is 27.3 Å². The molecule has 17 heavy (non-hydrogen) atoms. The van der Waals surface area contributed by atoms with Gasteiger partial charge in [-0.25, -0.2) is 8.42 Å². The minimum absolute atomic E-state index is 0.226. The van der Waals surface area contributed by atoms with Crippen LogP contribution in [-0.2, 0) is 10.0 Å². The monoisotopic (exact) mass is 338 g/mol. The molecule has 1 aliphatic heterocycles. The van der Waals surface area contributed by atoms with Crippen molar-refractivity contribution in [2.45, 2.75) is 12.8 Å². The van der Waals surface area contributed by atoms with E-state index < -0.39 is 10.0 Å². The summed E-state index contributed by atoms with van der Waals surface area (Å²) in [6.07, 6.45) is 1.88. The van der Waals surface area contributed by atoms with Crippen molar-refractivity contribution < 1.29 is 8.42 Å². The van der Waals surface area contributed by atoms with E-state index in [0.29, 0.717) is 5.00 Å². The van der Waals surface area contributed by atoms with Crippen LogP contribution < -0.4 is 10.0 Å². The van der Waals surface area contributed by atoms with Gasteiger partial charge in [0.25, 0.3) is 0 Å². The minimum Gasteiger partial charge on any atom is -0.317 e. The maximum Gasteiger partial charge on any atom is 0.233 e. The first-order valence-corrected chi connectivity index (χ1v) is 8.78. The van der Waals surface area contributed by atoms with Crippen molar-refractivity contribution in [3.63, 3.8) is 0 Å². The minimum atomic E-state index is -3.21. The summed E-state index contributed by atoms with van der Waals surface area (Å²) in [5.74, 6) is 0.502. The van der Waals surface area contributed by atoms with Crippen molar-refractivity contribution in [3.8, 4) is 0 Å². The van der Waals surface area contributed by atoms with Crippen molar-refractivity contribution in [2.75, 3.05) is 23.6 Å². The van der Waals surface area contributed by atoms with Crippen molar-refractivity contribution in [3.05, 3.63) is 15.9 Å². The summed E-state index contributed by atoms with van der Waals surface area (Å²) < 4.78 is 27.4. The number of hydrogen-bond donors (Lipinski definition) is 2. The standard InChI is InChI=1S/C10H15BrN2O2S2/c11-9-1-2-10(16-9)13-17(14,15)7-8-3-5-12-6-4-8/h1-2,8,12-13H,3-7H2. The number of halogens is 1. The van der Waals surface area contributed by atoms with Gasteiger partial charge in [0.15, 0.2) is 0 Å². The summed E-state index contributed by atoms with van der Waals surface area (Å²) in [4.78, 5) is 0. The number of thiophene rings is 1. The molecule has 2 rings (SSSR count). The van der Waals surface area contributed by atoms with E-state index in [-0.39, 0.29) is 11.7 Å². The molecule has 96 valence electrons. The molecule has 1 aliphatic rings. The molecule has 1 fully saturated rings. The lowest BCUT2D eigenvalue weighted by atomic mass is 10.0. The summed E-state index contributed by atoms with van der Waals surface area (Å²) in [6.45, 7) is 1.84. The number of piperidine rings is 1. The smallest absolute Gasteiger partial charge is 0.233 e. The highest BCUT2D eigenvalue weighted by molar-refractivity contribution is 9.11. The molecule has 0 amide bonds. The Kier molecular flexibility index (Phi) is 4.46. The lowest BCUT2D eigenvalue weighted by molar-refractivity contribution is 0.402. The first-order chi connectivity index (χ1) is 8.05. The van der Waals surface area contributed by atoms with Crippen molar-refractivity contribution >= 4 is 42.3 Å². The van der Waals surface area contributed by atoms with Gasteiger partial charge >= 0.3 is 0 Å². The predicted molar refractivity (Wildman–Crippen MR) is 75.0 cm³/mol. The lowest BCUT2D eigenvalue weighted by Gasteiger charge is -2.22. The molecular weight excluding hydrogens is 324 g/mol. The average Bonchev–Trinajstić information content (AvgIpc) is 2.63. The topological polar surface area (TPSA) is 58.2 Å². The number of nitrogens with one attached hydrogen (secondary N) is 2. The van der Waals surface area contributed by atoms with Crippen molar-refractivity contribution in [2.24, 2.45) is 5.92 Å². The van der Waals surface area contributed by atoms with E-state index in [9.17, 15) is 8.42 Å². The zero-order chi connectivity index (χ0) is 12.3. The SMILES string of the molecule is O=S(=O)(CC1CCNCC1)Nc1ccc(Br)s1. The molecule has 7 heteroatoms. The lowest BCUT2D eigenvalue weighted by Crippen LogP contribution is -2.32. The molecule has 0 aliphatic carbocycles. The van der Waals surface area contributed by atoms with E-state index in [4.69, 9.17) is 0 Å². The van der Waals surface area contributed by atoms with E-state index >= 15 is 0 Å². The fourth-order valence-corrected chi connectivity index (χ4v) is 5.02. The van der Waals surface area contributed by atoms with Gasteiger partial charge < -0.3 is 5.32 Å². The van der Waals surface area contributed by atoms with Gasteiger partial charge in [-0.3, -0.25) is 4.72 Å². The predicted octanol–water partition coefficient (Wildman–Crippen LogP) is 2.25. The fourth-order valence-electron chi connectivity index (χ4n) is 1.92. The Hall–Kier alpha value is -0.110. The normalized spacial score (nSPS) is 18.2. The number of rotatable bonds is 4. The second-order valence-corrected chi connectivity index (χ2v) is 8.41. The number of hydrogen-bond acceptors (Lipinski definition) is 4. The molecule has 0 saturated carbocycles. The highest BCUT2D eigenvalue weighted by Crippen LogP contribution is 2.27. The molecule has 0 bridgehead atoms. The second-order valence-electron chi connectivity index (χ2n) is 4.18. The third kappa shape index (κ3) is 4.24. The summed E-state index contributed by atoms with van der Waals surface area (Å²) >= 11 is 4.70. The molecule has 2 heterocycles. The maximum atomic E-state index is 11.9. The summed E-state index contributed by atoms with van der Waals surface area (Å²) in [6, 6.07) is 3.61. The molecule has 0 aromatic carbocycles. The maximum absolute atomic E-state index is 11.9. The van der Waals surface area contributed by atoms with E-state index in [0.717, 1.165) is 29.7 Å². The highest BCUT2D eigenvalue weighted by Gasteiger charge is 2.21. The molecule has 4 nitrogen and oxygen atoms in total. The van der Waals surface area contributed by atoms with E-state index in [2.05, 4.69) is 26.0 Å². The summed E-state index contributed by atoms with van der Waals surface area (Å²) in [7, 11) is -3.21. The molecule has 0 unspecified atom stereocenters. The first-order valence-electron chi connectivity index (χ1n) is 5.52. The number of anilines is 1. The molecular formula is C10H15BrN2O2S2. The molecule has 0 radical (unpaired) electrons. The summed E-state index contributed by atoms with van der Waals surface area (Å²) in [5, 5.41) is 3.91. The Morgan fingerprint density at radius 2 is 2.12 bits per heavy atom. The Bertz CT molecular complexity index is 466. The third-order valence-electron chi connectivity index (χ3n) is 2.74. The Balaban J connectivity index is 1.94. The van der Waals surface area contributed by atoms with E-state index in [1.54, 1.807) is 6.07 Å². The molecule has 0 atom stereocenters. The quantitative estimate of drug-likeness (QED) is 0.885. The van der Waals surface area contributed by atoms with Gasteiger partial charge in [-0.1, -0.05) is 0 Å². The van der Waals surface area contributed by atoms with Crippen molar-refractivity contribution in [1.29, 1.82) is 0 Å². The van der Waals surface area contributed by atoms with E-state index in [1.807, 2.05) is 6.07 Å².